The van der Waals surface area contributed by atoms with Crippen LogP contribution in [0.3, 0.4) is 0 Å². The van der Waals surface area contributed by atoms with Gasteiger partial charge in [-0.25, -0.2) is 9.98 Å². The van der Waals surface area contributed by atoms with Gasteiger partial charge in [-0.2, -0.15) is 13.2 Å². The third-order valence-electron chi connectivity index (χ3n) is 3.47. The Bertz CT molecular complexity index is 786. The molecular formula is C17H21ClF3IN4OS. The Morgan fingerprint density at radius 1 is 1.32 bits per heavy atom. The van der Waals surface area contributed by atoms with Crippen molar-refractivity contribution in [1.29, 1.82) is 0 Å². The van der Waals surface area contributed by atoms with Crippen LogP contribution in [0.25, 0.3) is 0 Å². The number of methoxy groups -OCH3 is 1. The van der Waals surface area contributed by atoms with E-state index >= 15 is 0 Å². The van der Waals surface area contributed by atoms with Gasteiger partial charge in [-0.3, -0.25) is 0 Å². The lowest BCUT2D eigenvalue weighted by molar-refractivity contribution is -0.140. The highest BCUT2D eigenvalue weighted by Crippen LogP contribution is 2.30. The minimum atomic E-state index is -4.41. The number of guanidine groups is 1. The van der Waals surface area contributed by atoms with Crippen LogP contribution in [0.2, 0.25) is 5.02 Å². The van der Waals surface area contributed by atoms with Crippen molar-refractivity contribution < 1.29 is 17.9 Å². The predicted octanol–water partition coefficient (Wildman–Crippen LogP) is 4.74. The van der Waals surface area contributed by atoms with E-state index in [0.717, 1.165) is 22.3 Å². The fourth-order valence-corrected chi connectivity index (χ4v) is 3.17. The van der Waals surface area contributed by atoms with Crippen molar-refractivity contribution in [3.63, 3.8) is 0 Å². The number of halogens is 5. The summed E-state index contributed by atoms with van der Waals surface area (Å²) in [6.07, 6.45) is -4.04. The zero-order valence-electron chi connectivity index (χ0n) is 15.3. The Morgan fingerprint density at radius 2 is 2.07 bits per heavy atom. The van der Waals surface area contributed by atoms with E-state index in [-0.39, 0.29) is 24.0 Å². The van der Waals surface area contributed by atoms with Crippen molar-refractivity contribution in [3.8, 4) is 5.75 Å². The molecule has 1 aromatic heterocycles. The summed E-state index contributed by atoms with van der Waals surface area (Å²) in [7, 11) is 1.56. The molecule has 0 aliphatic carbocycles. The van der Waals surface area contributed by atoms with Gasteiger partial charge < -0.3 is 15.4 Å². The molecule has 0 amide bonds. The Hall–Kier alpha value is -1.27. The SMILES string of the molecule is CCNC(=NCc1ccc(Cl)cc1OC)NCCc1nc(C(F)(F)F)cs1.I. The molecule has 0 fully saturated rings. The molecule has 5 nitrogen and oxygen atoms in total. The van der Waals surface area contributed by atoms with Crippen molar-refractivity contribution in [2.75, 3.05) is 20.2 Å². The van der Waals surface area contributed by atoms with Gasteiger partial charge in [0.1, 0.15) is 5.75 Å². The molecule has 0 unspecified atom stereocenters. The summed E-state index contributed by atoms with van der Waals surface area (Å²) in [6, 6.07) is 5.31. The van der Waals surface area contributed by atoms with Gasteiger partial charge in [0.05, 0.1) is 18.7 Å². The van der Waals surface area contributed by atoms with Crippen LogP contribution in [-0.4, -0.2) is 31.1 Å². The Kier molecular flexibility index (Phi) is 10.3. The van der Waals surface area contributed by atoms with E-state index in [9.17, 15) is 13.2 Å². The van der Waals surface area contributed by atoms with Gasteiger partial charge in [0, 0.05) is 35.5 Å². The number of aliphatic imine (C=N–C) groups is 1. The summed E-state index contributed by atoms with van der Waals surface area (Å²) in [5.41, 5.74) is 0.0201. The van der Waals surface area contributed by atoms with Gasteiger partial charge in [-0.05, 0) is 19.1 Å². The van der Waals surface area contributed by atoms with Crippen molar-refractivity contribution >= 4 is 52.9 Å². The number of benzene rings is 1. The average Bonchev–Trinajstić information content (AvgIpc) is 3.09. The molecule has 0 radical (unpaired) electrons. The molecule has 28 heavy (non-hydrogen) atoms. The lowest BCUT2D eigenvalue weighted by Crippen LogP contribution is -2.38. The lowest BCUT2D eigenvalue weighted by Gasteiger charge is -2.12. The van der Waals surface area contributed by atoms with Gasteiger partial charge >= 0.3 is 6.18 Å². The fourth-order valence-electron chi connectivity index (χ4n) is 2.20. The Labute approximate surface area is 187 Å². The highest BCUT2D eigenvalue weighted by Gasteiger charge is 2.33. The van der Waals surface area contributed by atoms with E-state index in [0.29, 0.717) is 47.8 Å². The standard InChI is InChI=1S/C17H20ClF3N4OS.HI/c1-3-22-16(24-9-11-4-5-12(18)8-13(11)26-2)23-7-6-15-25-14(10-27-15)17(19,20)21;/h4-5,8,10H,3,6-7,9H2,1-2H3,(H2,22,23,24);1H. The number of hydrogen-bond acceptors (Lipinski definition) is 4. The third-order valence-corrected chi connectivity index (χ3v) is 4.62. The van der Waals surface area contributed by atoms with Gasteiger partial charge in [0.15, 0.2) is 11.7 Å². The van der Waals surface area contributed by atoms with E-state index < -0.39 is 11.9 Å². The second-order valence-electron chi connectivity index (χ2n) is 5.45. The maximum absolute atomic E-state index is 12.6. The van der Waals surface area contributed by atoms with Gasteiger partial charge in [0.25, 0.3) is 0 Å². The Balaban J connectivity index is 0.00000392. The minimum Gasteiger partial charge on any atom is -0.496 e. The quantitative estimate of drug-likeness (QED) is 0.298. The highest BCUT2D eigenvalue weighted by atomic mass is 127. The first-order chi connectivity index (χ1) is 12.8. The zero-order valence-corrected chi connectivity index (χ0v) is 19.2. The van der Waals surface area contributed by atoms with Gasteiger partial charge in [-0.1, -0.05) is 17.7 Å². The zero-order chi connectivity index (χ0) is 19.9. The summed E-state index contributed by atoms with van der Waals surface area (Å²) in [5.74, 6) is 1.20. The van der Waals surface area contributed by atoms with Crippen molar-refractivity contribution in [1.82, 2.24) is 15.6 Å². The summed E-state index contributed by atoms with van der Waals surface area (Å²) in [5, 5.41) is 8.21. The van der Waals surface area contributed by atoms with Gasteiger partial charge in [-0.15, -0.1) is 35.3 Å². The van der Waals surface area contributed by atoms with E-state index in [2.05, 4.69) is 20.6 Å². The largest absolute Gasteiger partial charge is 0.496 e. The smallest absolute Gasteiger partial charge is 0.434 e. The number of rotatable bonds is 7. The summed E-state index contributed by atoms with van der Waals surface area (Å²) >= 11 is 6.95. The van der Waals surface area contributed by atoms with Crippen LogP contribution >= 0.6 is 46.9 Å². The van der Waals surface area contributed by atoms with Crippen LogP contribution in [0.5, 0.6) is 5.75 Å². The number of nitrogens with zero attached hydrogens (tertiary/aromatic N) is 2. The topological polar surface area (TPSA) is 58.5 Å². The van der Waals surface area contributed by atoms with Crippen LogP contribution in [0.1, 0.15) is 23.2 Å². The molecule has 1 heterocycles. The average molecular weight is 549 g/mol. The van der Waals surface area contributed by atoms with Crippen molar-refractivity contribution in [3.05, 3.63) is 44.9 Å². The number of alkyl halides is 3. The summed E-state index contributed by atoms with van der Waals surface area (Å²) in [6.45, 7) is 3.36. The molecule has 0 atom stereocenters. The summed E-state index contributed by atoms with van der Waals surface area (Å²) in [4.78, 5) is 8.09. The van der Waals surface area contributed by atoms with E-state index in [1.54, 1.807) is 19.2 Å². The van der Waals surface area contributed by atoms with Crippen LogP contribution < -0.4 is 15.4 Å². The molecule has 11 heteroatoms. The number of thiazole rings is 1. The van der Waals surface area contributed by atoms with Crippen molar-refractivity contribution in [2.45, 2.75) is 26.1 Å². The maximum Gasteiger partial charge on any atom is 0.434 e. The molecule has 0 bridgehead atoms. The monoisotopic (exact) mass is 548 g/mol. The number of nitrogens with one attached hydrogen (secondary N) is 2. The molecule has 0 saturated carbocycles. The molecule has 0 aliphatic rings. The van der Waals surface area contributed by atoms with E-state index in [4.69, 9.17) is 16.3 Å². The fraction of sp³-hybridized carbons (Fsp3) is 0.412. The van der Waals surface area contributed by atoms with Crippen LogP contribution in [0, 0.1) is 0 Å². The van der Waals surface area contributed by atoms with Crippen LogP contribution in [0.4, 0.5) is 13.2 Å². The normalized spacial score (nSPS) is 11.7. The lowest BCUT2D eigenvalue weighted by atomic mass is 10.2. The van der Waals surface area contributed by atoms with E-state index in [1.807, 2.05) is 13.0 Å². The molecule has 0 saturated heterocycles. The second kappa shape index (κ2) is 11.7. The first-order valence-electron chi connectivity index (χ1n) is 8.19. The molecular weight excluding hydrogens is 528 g/mol. The van der Waals surface area contributed by atoms with E-state index in [1.165, 1.54) is 0 Å². The number of aromatic nitrogens is 1. The molecule has 2 aromatic rings. The molecule has 0 spiro atoms. The highest BCUT2D eigenvalue weighted by molar-refractivity contribution is 14.0. The molecule has 2 rings (SSSR count). The first-order valence-corrected chi connectivity index (χ1v) is 9.45. The molecule has 156 valence electrons. The molecule has 0 aliphatic heterocycles. The van der Waals surface area contributed by atoms with Gasteiger partial charge in [0.2, 0.25) is 0 Å². The van der Waals surface area contributed by atoms with Crippen LogP contribution in [0.15, 0.2) is 28.6 Å². The maximum atomic E-state index is 12.6. The first kappa shape index (κ1) is 24.8. The minimum absolute atomic E-state index is 0. The molecule has 1 aromatic carbocycles. The molecule has 2 N–H and O–H groups in total. The second-order valence-corrected chi connectivity index (χ2v) is 6.83. The Morgan fingerprint density at radius 3 is 2.68 bits per heavy atom. The number of ether oxygens (including phenoxy) is 1. The van der Waals surface area contributed by atoms with Crippen molar-refractivity contribution in [2.24, 2.45) is 4.99 Å². The predicted molar refractivity (Wildman–Crippen MR) is 117 cm³/mol. The van der Waals surface area contributed by atoms with Crippen LogP contribution in [-0.2, 0) is 19.1 Å². The summed E-state index contributed by atoms with van der Waals surface area (Å²) < 4.78 is 43.0. The third kappa shape index (κ3) is 7.63. The number of hydrogen-bond donors (Lipinski definition) is 2.